The summed E-state index contributed by atoms with van der Waals surface area (Å²) in [5.74, 6) is 0.729. The molecular formula is C15H23BrN2. The molecule has 18 heavy (non-hydrogen) atoms. The van der Waals surface area contributed by atoms with Gasteiger partial charge in [0.05, 0.1) is 0 Å². The number of halogens is 1. The van der Waals surface area contributed by atoms with Gasteiger partial charge in [-0.15, -0.1) is 0 Å². The molecule has 0 amide bonds. The van der Waals surface area contributed by atoms with Gasteiger partial charge in [-0.1, -0.05) is 34.1 Å². The smallest absolute Gasteiger partial charge is 0.0210 e. The molecule has 0 saturated heterocycles. The number of hydrogen-bond acceptors (Lipinski definition) is 2. The van der Waals surface area contributed by atoms with E-state index in [-0.39, 0.29) is 0 Å². The van der Waals surface area contributed by atoms with Crippen LogP contribution < -0.4 is 5.32 Å². The molecule has 1 aromatic rings. The Labute approximate surface area is 119 Å². The highest BCUT2D eigenvalue weighted by Gasteiger charge is 2.31. The van der Waals surface area contributed by atoms with Crippen LogP contribution in [0, 0.1) is 0 Å². The van der Waals surface area contributed by atoms with Crippen molar-refractivity contribution in [2.75, 3.05) is 20.6 Å². The van der Waals surface area contributed by atoms with Crippen molar-refractivity contribution in [3.63, 3.8) is 0 Å². The van der Waals surface area contributed by atoms with Crippen molar-refractivity contribution in [3.05, 3.63) is 34.3 Å². The molecule has 3 heteroatoms. The van der Waals surface area contributed by atoms with Gasteiger partial charge < -0.3 is 10.2 Å². The predicted molar refractivity (Wildman–Crippen MR) is 81.1 cm³/mol. The largest absolute Gasteiger partial charge is 0.312 e. The van der Waals surface area contributed by atoms with E-state index in [1.807, 2.05) is 0 Å². The van der Waals surface area contributed by atoms with Gasteiger partial charge in [-0.3, -0.25) is 0 Å². The molecule has 0 radical (unpaired) electrons. The summed E-state index contributed by atoms with van der Waals surface area (Å²) >= 11 is 3.65. The van der Waals surface area contributed by atoms with Crippen LogP contribution in [-0.4, -0.2) is 37.6 Å². The van der Waals surface area contributed by atoms with Crippen LogP contribution in [0.15, 0.2) is 28.7 Å². The van der Waals surface area contributed by atoms with Crippen LogP contribution in [0.5, 0.6) is 0 Å². The zero-order chi connectivity index (χ0) is 13.1. The van der Waals surface area contributed by atoms with Gasteiger partial charge in [0.15, 0.2) is 0 Å². The van der Waals surface area contributed by atoms with E-state index in [0.29, 0.717) is 12.1 Å². The maximum atomic E-state index is 3.66. The SMILES string of the molecule is CC(CNC1CC(c2ccccc2Br)C1)N(C)C. The van der Waals surface area contributed by atoms with Gasteiger partial charge >= 0.3 is 0 Å². The van der Waals surface area contributed by atoms with Crippen LogP contribution in [0.2, 0.25) is 0 Å². The predicted octanol–water partition coefficient (Wildman–Crippen LogP) is 3.23. The summed E-state index contributed by atoms with van der Waals surface area (Å²) in [7, 11) is 4.27. The van der Waals surface area contributed by atoms with Crippen molar-refractivity contribution in [2.45, 2.75) is 37.8 Å². The van der Waals surface area contributed by atoms with Gasteiger partial charge in [0.25, 0.3) is 0 Å². The fourth-order valence-corrected chi connectivity index (χ4v) is 2.97. The lowest BCUT2D eigenvalue weighted by Gasteiger charge is -2.38. The minimum absolute atomic E-state index is 0.604. The number of rotatable bonds is 5. The minimum Gasteiger partial charge on any atom is -0.312 e. The molecule has 1 aliphatic carbocycles. The number of likely N-dealkylation sites (N-methyl/N-ethyl adjacent to an activating group) is 1. The maximum absolute atomic E-state index is 3.66. The first-order valence-electron chi connectivity index (χ1n) is 6.72. The molecule has 1 atom stereocenters. The molecule has 1 aromatic carbocycles. The Balaban J connectivity index is 1.76. The van der Waals surface area contributed by atoms with E-state index in [1.165, 1.54) is 22.9 Å². The van der Waals surface area contributed by atoms with E-state index in [9.17, 15) is 0 Å². The molecule has 0 bridgehead atoms. The minimum atomic E-state index is 0.604. The molecule has 2 nitrogen and oxygen atoms in total. The number of nitrogens with one attached hydrogen (secondary N) is 1. The van der Waals surface area contributed by atoms with Gasteiger partial charge in [0, 0.05) is 23.1 Å². The second-order valence-electron chi connectivity index (χ2n) is 5.61. The summed E-state index contributed by atoms with van der Waals surface area (Å²) in [6, 6.07) is 9.91. The Kier molecular flexibility index (Phi) is 4.82. The fraction of sp³-hybridized carbons (Fsp3) is 0.600. The van der Waals surface area contributed by atoms with Gasteiger partial charge in [-0.05, 0) is 51.4 Å². The molecule has 0 aliphatic heterocycles. The Morgan fingerprint density at radius 1 is 1.33 bits per heavy atom. The number of benzene rings is 1. The van der Waals surface area contributed by atoms with Crippen molar-refractivity contribution in [3.8, 4) is 0 Å². The lowest BCUT2D eigenvalue weighted by atomic mass is 9.76. The normalized spacial score (nSPS) is 24.9. The average Bonchev–Trinajstić information content (AvgIpc) is 2.28. The van der Waals surface area contributed by atoms with Crippen molar-refractivity contribution in [2.24, 2.45) is 0 Å². The monoisotopic (exact) mass is 310 g/mol. The Morgan fingerprint density at radius 2 is 2.00 bits per heavy atom. The third-order valence-electron chi connectivity index (χ3n) is 4.07. The molecule has 0 spiro atoms. The highest BCUT2D eigenvalue weighted by atomic mass is 79.9. The number of hydrogen-bond donors (Lipinski definition) is 1. The summed E-state index contributed by atoms with van der Waals surface area (Å²) in [6.07, 6.45) is 2.53. The lowest BCUT2D eigenvalue weighted by molar-refractivity contribution is 0.245. The summed E-state index contributed by atoms with van der Waals surface area (Å²) < 4.78 is 1.26. The third-order valence-corrected chi connectivity index (χ3v) is 4.79. The van der Waals surface area contributed by atoms with Crippen LogP contribution in [0.4, 0.5) is 0 Å². The van der Waals surface area contributed by atoms with Crippen LogP contribution in [0.25, 0.3) is 0 Å². The summed E-state index contributed by atoms with van der Waals surface area (Å²) in [5.41, 5.74) is 1.47. The number of nitrogens with zero attached hydrogens (tertiary/aromatic N) is 1. The van der Waals surface area contributed by atoms with Crippen LogP contribution in [0.3, 0.4) is 0 Å². The summed E-state index contributed by atoms with van der Waals surface area (Å²) in [5, 5.41) is 3.66. The topological polar surface area (TPSA) is 15.3 Å². The average molecular weight is 311 g/mol. The van der Waals surface area contributed by atoms with Crippen molar-refractivity contribution >= 4 is 15.9 Å². The molecule has 100 valence electrons. The van der Waals surface area contributed by atoms with Crippen LogP contribution >= 0.6 is 15.9 Å². The molecule has 1 unspecified atom stereocenters. The molecule has 1 saturated carbocycles. The quantitative estimate of drug-likeness (QED) is 0.898. The third kappa shape index (κ3) is 3.34. The Hall–Kier alpha value is -0.380. The molecule has 0 heterocycles. The van der Waals surface area contributed by atoms with E-state index < -0.39 is 0 Å². The van der Waals surface area contributed by atoms with E-state index in [1.54, 1.807) is 0 Å². The van der Waals surface area contributed by atoms with E-state index in [0.717, 1.165) is 12.5 Å². The van der Waals surface area contributed by atoms with E-state index in [4.69, 9.17) is 0 Å². The zero-order valence-corrected chi connectivity index (χ0v) is 13.1. The molecular weight excluding hydrogens is 288 g/mol. The molecule has 1 fully saturated rings. The first-order valence-corrected chi connectivity index (χ1v) is 7.51. The Bertz CT molecular complexity index is 386. The van der Waals surface area contributed by atoms with Crippen molar-refractivity contribution in [1.29, 1.82) is 0 Å². The Morgan fingerprint density at radius 3 is 2.61 bits per heavy atom. The van der Waals surface area contributed by atoms with Crippen molar-refractivity contribution < 1.29 is 0 Å². The summed E-state index contributed by atoms with van der Waals surface area (Å²) in [4.78, 5) is 2.26. The molecule has 2 rings (SSSR count). The van der Waals surface area contributed by atoms with E-state index in [2.05, 4.69) is 71.4 Å². The maximum Gasteiger partial charge on any atom is 0.0210 e. The van der Waals surface area contributed by atoms with Gasteiger partial charge in [-0.25, -0.2) is 0 Å². The highest BCUT2D eigenvalue weighted by Crippen LogP contribution is 2.39. The van der Waals surface area contributed by atoms with E-state index >= 15 is 0 Å². The van der Waals surface area contributed by atoms with Gasteiger partial charge in [-0.2, -0.15) is 0 Å². The van der Waals surface area contributed by atoms with Crippen LogP contribution in [0.1, 0.15) is 31.2 Å². The first-order chi connectivity index (χ1) is 8.58. The molecule has 1 aliphatic rings. The molecule has 0 aromatic heterocycles. The zero-order valence-electron chi connectivity index (χ0n) is 11.5. The fourth-order valence-electron chi connectivity index (χ4n) is 2.36. The second-order valence-corrected chi connectivity index (χ2v) is 6.46. The standard InChI is InChI=1S/C15H23BrN2/c1-11(18(2)3)10-17-13-8-12(9-13)14-6-4-5-7-15(14)16/h4-7,11-13,17H,8-10H2,1-3H3. The van der Waals surface area contributed by atoms with Gasteiger partial charge in [0.2, 0.25) is 0 Å². The molecule has 1 N–H and O–H groups in total. The van der Waals surface area contributed by atoms with Crippen molar-refractivity contribution in [1.82, 2.24) is 10.2 Å². The second kappa shape index (κ2) is 6.18. The lowest BCUT2D eigenvalue weighted by Crippen LogP contribution is -2.45. The summed E-state index contributed by atoms with van der Waals surface area (Å²) in [6.45, 7) is 3.34. The highest BCUT2D eigenvalue weighted by molar-refractivity contribution is 9.10. The first kappa shape index (κ1) is 14.0. The van der Waals surface area contributed by atoms with Gasteiger partial charge in [0.1, 0.15) is 0 Å². The van der Waals surface area contributed by atoms with Crippen LogP contribution in [-0.2, 0) is 0 Å².